The number of nitrogens with two attached hydrogens (primary N) is 1. The van der Waals surface area contributed by atoms with Crippen molar-refractivity contribution in [3.8, 4) is 0 Å². The Balaban J connectivity index is 0.00000182. The largest absolute Gasteiger partial charge is 0.412 e. The number of pyridine rings is 1. The number of hydrogen-bond donors (Lipinski definition) is 2. The lowest BCUT2D eigenvalue weighted by molar-refractivity contribution is 0.102. The van der Waals surface area contributed by atoms with Crippen LogP contribution in [0.5, 0.6) is 0 Å². The van der Waals surface area contributed by atoms with Crippen LogP contribution in [0.2, 0.25) is 0 Å². The molecular formula is C18H18N4O2S. The lowest BCUT2D eigenvalue weighted by Gasteiger charge is -2.12. The molecule has 3 aromatic rings. The van der Waals surface area contributed by atoms with Crippen molar-refractivity contribution < 1.29 is 10.3 Å². The van der Waals surface area contributed by atoms with Gasteiger partial charge in [0.05, 0.1) is 11.4 Å². The van der Waals surface area contributed by atoms with Crippen LogP contribution in [0.15, 0.2) is 61.1 Å². The number of fused-ring (bicyclic) bond motifs is 1. The molecule has 0 bridgehead atoms. The minimum absolute atomic E-state index is 0. The minimum atomic E-state index is -0.147. The number of nitrogens with one attached hydrogen (secondary N) is 1. The SMILES string of the molecule is Nc1cccc(C(=O)Nc2ccn3c2CSC3c2cccnc2)c1.O. The number of nitrogen functional groups attached to an aromatic ring is 1. The number of anilines is 2. The molecule has 0 saturated carbocycles. The lowest BCUT2D eigenvalue weighted by atomic mass is 10.2. The first kappa shape index (κ1) is 17.1. The maximum absolute atomic E-state index is 12.4. The molecule has 1 aromatic carbocycles. The smallest absolute Gasteiger partial charge is 0.255 e. The Morgan fingerprint density at radius 2 is 2.16 bits per heavy atom. The third-order valence-corrected chi connectivity index (χ3v) is 5.28. The van der Waals surface area contributed by atoms with E-state index in [1.54, 1.807) is 30.5 Å². The average molecular weight is 354 g/mol. The number of rotatable bonds is 3. The van der Waals surface area contributed by atoms with E-state index in [1.807, 2.05) is 36.3 Å². The van der Waals surface area contributed by atoms with Crippen molar-refractivity contribution in [3.05, 3.63) is 77.9 Å². The summed E-state index contributed by atoms with van der Waals surface area (Å²) in [4.78, 5) is 16.6. The number of hydrogen-bond acceptors (Lipinski definition) is 4. The van der Waals surface area contributed by atoms with Crippen LogP contribution >= 0.6 is 11.8 Å². The number of carbonyl (C=O) groups excluding carboxylic acids is 1. The maximum atomic E-state index is 12.4. The van der Waals surface area contributed by atoms with Gasteiger partial charge in [-0.3, -0.25) is 9.78 Å². The van der Waals surface area contributed by atoms with Crippen LogP contribution < -0.4 is 11.1 Å². The van der Waals surface area contributed by atoms with Crippen molar-refractivity contribution in [1.82, 2.24) is 9.55 Å². The average Bonchev–Trinajstić information content (AvgIpc) is 3.19. The fourth-order valence-electron chi connectivity index (χ4n) is 2.86. The summed E-state index contributed by atoms with van der Waals surface area (Å²) >= 11 is 1.82. The van der Waals surface area contributed by atoms with Crippen molar-refractivity contribution in [2.45, 2.75) is 11.1 Å². The standard InChI is InChI=1S/C18H16N4OS.H2O/c19-14-5-1-3-12(9-14)17(23)21-15-6-8-22-16(15)11-24-18(22)13-4-2-7-20-10-13;/h1-10,18H,11,19H2,(H,21,23);1H2. The van der Waals surface area contributed by atoms with E-state index >= 15 is 0 Å². The molecule has 0 aliphatic carbocycles. The van der Waals surface area contributed by atoms with E-state index in [1.165, 1.54) is 0 Å². The van der Waals surface area contributed by atoms with Crippen LogP contribution in [0.25, 0.3) is 0 Å². The highest BCUT2D eigenvalue weighted by Crippen LogP contribution is 2.43. The molecule has 1 aliphatic heterocycles. The predicted octanol–water partition coefficient (Wildman–Crippen LogP) is 2.69. The quantitative estimate of drug-likeness (QED) is 0.706. The number of benzene rings is 1. The minimum Gasteiger partial charge on any atom is -0.412 e. The molecule has 1 unspecified atom stereocenters. The van der Waals surface area contributed by atoms with Crippen LogP contribution in [0, 0.1) is 0 Å². The Morgan fingerprint density at radius 3 is 2.92 bits per heavy atom. The Kier molecular flexibility index (Phi) is 4.78. The van der Waals surface area contributed by atoms with Gasteiger partial charge in [0, 0.05) is 41.2 Å². The van der Waals surface area contributed by atoms with E-state index in [9.17, 15) is 4.79 Å². The number of carbonyl (C=O) groups is 1. The van der Waals surface area contributed by atoms with Gasteiger partial charge in [-0.2, -0.15) is 0 Å². The fourth-order valence-corrected chi connectivity index (χ4v) is 4.17. The van der Waals surface area contributed by atoms with Gasteiger partial charge >= 0.3 is 0 Å². The zero-order chi connectivity index (χ0) is 16.5. The van der Waals surface area contributed by atoms with Crippen molar-refractivity contribution in [2.24, 2.45) is 0 Å². The molecule has 1 amide bonds. The van der Waals surface area contributed by atoms with E-state index in [2.05, 4.69) is 20.9 Å². The second-order valence-corrected chi connectivity index (χ2v) is 6.68. The van der Waals surface area contributed by atoms with E-state index in [0.29, 0.717) is 11.3 Å². The van der Waals surface area contributed by atoms with Crippen LogP contribution in [0.1, 0.15) is 27.0 Å². The van der Waals surface area contributed by atoms with Crippen LogP contribution in [0.4, 0.5) is 11.4 Å². The Bertz CT molecular complexity index is 895. The highest BCUT2D eigenvalue weighted by atomic mass is 32.2. The van der Waals surface area contributed by atoms with Crippen molar-refractivity contribution in [1.29, 1.82) is 0 Å². The van der Waals surface area contributed by atoms with Gasteiger partial charge in [0.15, 0.2) is 0 Å². The Hall–Kier alpha value is -2.77. The molecule has 6 nitrogen and oxygen atoms in total. The summed E-state index contributed by atoms with van der Waals surface area (Å²) in [5, 5.41) is 3.19. The maximum Gasteiger partial charge on any atom is 0.255 e. The molecule has 0 spiro atoms. The van der Waals surface area contributed by atoms with Crippen molar-refractivity contribution >= 4 is 29.0 Å². The van der Waals surface area contributed by atoms with Crippen LogP contribution in [0.3, 0.4) is 0 Å². The molecule has 5 N–H and O–H groups in total. The first-order valence-corrected chi connectivity index (χ1v) is 8.65. The zero-order valence-electron chi connectivity index (χ0n) is 13.3. The summed E-state index contributed by atoms with van der Waals surface area (Å²) in [6.45, 7) is 0. The molecule has 2 aromatic heterocycles. The van der Waals surface area contributed by atoms with E-state index in [4.69, 9.17) is 5.73 Å². The molecular weight excluding hydrogens is 336 g/mol. The third kappa shape index (κ3) is 3.24. The molecule has 25 heavy (non-hydrogen) atoms. The third-order valence-electron chi connectivity index (χ3n) is 4.02. The summed E-state index contributed by atoms with van der Waals surface area (Å²) in [6, 6.07) is 13.0. The van der Waals surface area contributed by atoms with Gasteiger partial charge in [0.2, 0.25) is 0 Å². The molecule has 3 heterocycles. The van der Waals surface area contributed by atoms with Gasteiger partial charge in [0.1, 0.15) is 5.37 Å². The zero-order valence-corrected chi connectivity index (χ0v) is 14.2. The molecule has 7 heteroatoms. The molecule has 128 valence electrons. The first-order chi connectivity index (χ1) is 11.7. The number of aromatic nitrogens is 2. The molecule has 1 atom stereocenters. The number of thioether (sulfide) groups is 1. The fraction of sp³-hybridized carbons (Fsp3) is 0.111. The van der Waals surface area contributed by atoms with Crippen LogP contribution in [-0.2, 0) is 5.75 Å². The summed E-state index contributed by atoms with van der Waals surface area (Å²) in [6.07, 6.45) is 5.68. The van der Waals surface area contributed by atoms with Crippen molar-refractivity contribution in [2.75, 3.05) is 11.1 Å². The second kappa shape index (κ2) is 7.00. The molecule has 0 radical (unpaired) electrons. The van der Waals surface area contributed by atoms with E-state index in [-0.39, 0.29) is 16.8 Å². The molecule has 0 saturated heterocycles. The topological polar surface area (TPSA) is 104 Å². The highest BCUT2D eigenvalue weighted by Gasteiger charge is 2.26. The van der Waals surface area contributed by atoms with Gasteiger partial charge < -0.3 is 21.1 Å². The lowest BCUT2D eigenvalue weighted by Crippen LogP contribution is -2.13. The monoisotopic (exact) mass is 354 g/mol. The van der Waals surface area contributed by atoms with E-state index < -0.39 is 0 Å². The number of nitrogens with zero attached hydrogens (tertiary/aromatic N) is 2. The summed E-state index contributed by atoms with van der Waals surface area (Å²) in [5.74, 6) is 0.699. The van der Waals surface area contributed by atoms with Crippen molar-refractivity contribution in [3.63, 3.8) is 0 Å². The first-order valence-electron chi connectivity index (χ1n) is 7.60. The highest BCUT2D eigenvalue weighted by molar-refractivity contribution is 7.99. The normalized spacial score (nSPS) is 15.3. The van der Waals surface area contributed by atoms with Crippen LogP contribution in [-0.4, -0.2) is 20.9 Å². The Morgan fingerprint density at radius 1 is 1.28 bits per heavy atom. The summed E-state index contributed by atoms with van der Waals surface area (Å²) < 4.78 is 2.19. The summed E-state index contributed by atoms with van der Waals surface area (Å²) in [7, 11) is 0. The van der Waals surface area contributed by atoms with Gasteiger partial charge in [-0.05, 0) is 30.3 Å². The van der Waals surface area contributed by atoms with Gasteiger partial charge in [-0.25, -0.2) is 0 Å². The summed E-state index contributed by atoms with van der Waals surface area (Å²) in [5.41, 5.74) is 10.0. The molecule has 4 rings (SSSR count). The van der Waals surface area contributed by atoms with E-state index in [0.717, 1.165) is 22.7 Å². The predicted molar refractivity (Wildman–Crippen MR) is 101 cm³/mol. The molecule has 0 fully saturated rings. The number of amides is 1. The van der Waals surface area contributed by atoms with Gasteiger partial charge in [-0.15, -0.1) is 11.8 Å². The second-order valence-electron chi connectivity index (χ2n) is 5.61. The Labute approximate surface area is 149 Å². The van der Waals surface area contributed by atoms with Gasteiger partial charge in [-0.1, -0.05) is 12.1 Å². The molecule has 1 aliphatic rings. The van der Waals surface area contributed by atoms with Gasteiger partial charge in [0.25, 0.3) is 5.91 Å².